The minimum absolute atomic E-state index is 0.180. The number of hydrogen-bond donors (Lipinski definition) is 3. The van der Waals surface area contributed by atoms with Gasteiger partial charge in [-0.1, -0.05) is 11.2 Å². The minimum atomic E-state index is -5.08. The number of aryl methyl sites for hydroxylation is 1. The van der Waals surface area contributed by atoms with Crippen molar-refractivity contribution < 1.29 is 36.0 Å². The summed E-state index contributed by atoms with van der Waals surface area (Å²) in [5.41, 5.74) is 2.25. The van der Waals surface area contributed by atoms with Crippen LogP contribution >= 0.6 is 0 Å². The number of rotatable bonds is 6. The molecule has 15 heteroatoms. The highest BCUT2D eigenvalue weighted by Gasteiger charge is 2.38. The molecule has 0 unspecified atom stereocenters. The van der Waals surface area contributed by atoms with Crippen molar-refractivity contribution in [3.63, 3.8) is 0 Å². The molecule has 184 valence electrons. The van der Waals surface area contributed by atoms with Crippen molar-refractivity contribution in [3.05, 3.63) is 47.8 Å². The molecule has 3 rings (SSSR count). The maximum atomic E-state index is 12.3. The van der Waals surface area contributed by atoms with Gasteiger partial charge in [-0.05, 0) is 38.1 Å². The fraction of sp³-hybridized carbons (Fsp3) is 0.263. The summed E-state index contributed by atoms with van der Waals surface area (Å²) in [5.74, 6) is -1.42. The van der Waals surface area contributed by atoms with Crippen molar-refractivity contribution in [3.8, 4) is 0 Å². The number of carboxylic acid groups (broad SMARTS) is 1. The molecule has 0 atom stereocenters. The standard InChI is InChI=1S/C17H20N6O3S.C2HF3O2/c1-11-12(2)22-26-16(11)20-15-8-9-18-17(21-15)19-13-6-5-7-14(10-13)27(24,25)23(3)4;3-2(4,5)1(6)7/h5-10H,1-4H3,(H2,18,19,20,21);(H,6,7). The van der Waals surface area contributed by atoms with Crippen LogP contribution in [0.25, 0.3) is 0 Å². The average molecular weight is 502 g/mol. The molecule has 3 N–H and O–H groups in total. The van der Waals surface area contributed by atoms with E-state index in [4.69, 9.17) is 14.4 Å². The molecule has 2 aromatic heterocycles. The monoisotopic (exact) mass is 502 g/mol. The van der Waals surface area contributed by atoms with Gasteiger partial charge in [0.15, 0.2) is 0 Å². The summed E-state index contributed by atoms with van der Waals surface area (Å²) >= 11 is 0. The van der Waals surface area contributed by atoms with Crippen molar-refractivity contribution in [2.45, 2.75) is 24.9 Å². The van der Waals surface area contributed by atoms with E-state index in [1.165, 1.54) is 26.2 Å². The third-order valence-electron chi connectivity index (χ3n) is 4.17. The molecule has 0 bridgehead atoms. The Morgan fingerprint density at radius 3 is 2.32 bits per heavy atom. The van der Waals surface area contributed by atoms with Gasteiger partial charge >= 0.3 is 12.1 Å². The summed E-state index contributed by atoms with van der Waals surface area (Å²) in [7, 11) is -0.548. The van der Waals surface area contributed by atoms with Crippen LogP contribution in [0, 0.1) is 13.8 Å². The lowest BCUT2D eigenvalue weighted by atomic mass is 10.3. The molecule has 0 saturated heterocycles. The third-order valence-corrected chi connectivity index (χ3v) is 5.98. The number of benzene rings is 1. The first kappa shape index (κ1) is 26.5. The van der Waals surface area contributed by atoms with Crippen LogP contribution in [0.5, 0.6) is 0 Å². The summed E-state index contributed by atoms with van der Waals surface area (Å²) < 4.78 is 62.7. The van der Waals surface area contributed by atoms with Gasteiger partial charge < -0.3 is 20.3 Å². The largest absolute Gasteiger partial charge is 0.490 e. The lowest BCUT2D eigenvalue weighted by molar-refractivity contribution is -0.192. The number of anilines is 4. The number of alkyl halides is 3. The first-order valence-electron chi connectivity index (χ1n) is 9.34. The van der Waals surface area contributed by atoms with Crippen LogP contribution < -0.4 is 10.6 Å². The molecule has 3 aromatic rings. The highest BCUT2D eigenvalue weighted by atomic mass is 32.2. The number of nitrogens with zero attached hydrogens (tertiary/aromatic N) is 4. The Hall–Kier alpha value is -3.72. The fourth-order valence-electron chi connectivity index (χ4n) is 2.21. The molecule has 0 aliphatic heterocycles. The van der Waals surface area contributed by atoms with Crippen molar-refractivity contribution in [1.82, 2.24) is 19.4 Å². The summed E-state index contributed by atoms with van der Waals surface area (Å²) in [4.78, 5) is 17.6. The zero-order chi connectivity index (χ0) is 25.7. The van der Waals surface area contributed by atoms with Gasteiger partial charge in [-0.2, -0.15) is 18.2 Å². The normalized spacial score (nSPS) is 11.5. The van der Waals surface area contributed by atoms with Gasteiger partial charge in [-0.25, -0.2) is 22.5 Å². The van der Waals surface area contributed by atoms with Crippen LogP contribution in [0.15, 0.2) is 45.9 Å². The molecular weight excluding hydrogens is 481 g/mol. The Kier molecular flexibility index (Phi) is 8.17. The van der Waals surface area contributed by atoms with E-state index in [0.717, 1.165) is 15.6 Å². The van der Waals surface area contributed by atoms with E-state index in [-0.39, 0.29) is 4.90 Å². The molecule has 0 radical (unpaired) electrons. The third kappa shape index (κ3) is 6.89. The van der Waals surface area contributed by atoms with Crippen LogP contribution in [0.4, 0.5) is 36.5 Å². The highest BCUT2D eigenvalue weighted by Crippen LogP contribution is 2.23. The Bertz CT molecular complexity index is 1260. The Morgan fingerprint density at radius 2 is 1.79 bits per heavy atom. The van der Waals surface area contributed by atoms with E-state index < -0.39 is 22.2 Å². The van der Waals surface area contributed by atoms with Crippen LogP contribution in [0.3, 0.4) is 0 Å². The predicted molar refractivity (Wildman–Crippen MR) is 116 cm³/mol. The zero-order valence-corrected chi connectivity index (χ0v) is 19.2. The van der Waals surface area contributed by atoms with Gasteiger partial charge in [-0.3, -0.25) is 0 Å². The van der Waals surface area contributed by atoms with Gasteiger partial charge in [0.1, 0.15) is 5.82 Å². The van der Waals surface area contributed by atoms with Crippen LogP contribution in [0.2, 0.25) is 0 Å². The molecule has 2 heterocycles. The molecule has 34 heavy (non-hydrogen) atoms. The SMILES string of the molecule is Cc1noc(Nc2ccnc(Nc3cccc(S(=O)(=O)N(C)C)c3)n2)c1C.O=C(O)C(F)(F)F. The topological polar surface area (TPSA) is 151 Å². The second kappa shape index (κ2) is 10.5. The molecule has 11 nitrogen and oxygen atoms in total. The molecule has 1 aromatic carbocycles. The van der Waals surface area contributed by atoms with E-state index >= 15 is 0 Å². The van der Waals surface area contributed by atoms with Crippen molar-refractivity contribution in [2.24, 2.45) is 0 Å². The Balaban J connectivity index is 0.000000509. The van der Waals surface area contributed by atoms with Crippen LogP contribution in [-0.4, -0.2) is 59.2 Å². The number of hydrogen-bond acceptors (Lipinski definition) is 9. The zero-order valence-electron chi connectivity index (χ0n) is 18.4. The lowest BCUT2D eigenvalue weighted by Crippen LogP contribution is -2.22. The van der Waals surface area contributed by atoms with E-state index in [0.29, 0.717) is 23.3 Å². The second-order valence-corrected chi connectivity index (χ2v) is 9.01. The molecule has 0 amide bonds. The molecule has 0 fully saturated rings. The van der Waals surface area contributed by atoms with Crippen molar-refractivity contribution in [1.29, 1.82) is 0 Å². The maximum absolute atomic E-state index is 12.3. The minimum Gasteiger partial charge on any atom is -0.475 e. The Morgan fingerprint density at radius 1 is 1.15 bits per heavy atom. The summed E-state index contributed by atoms with van der Waals surface area (Å²) in [6.45, 7) is 3.75. The van der Waals surface area contributed by atoms with Gasteiger partial charge in [0.05, 0.1) is 10.6 Å². The van der Waals surface area contributed by atoms with Crippen molar-refractivity contribution >= 4 is 39.3 Å². The second-order valence-electron chi connectivity index (χ2n) is 6.86. The number of aromatic nitrogens is 3. The van der Waals surface area contributed by atoms with Gasteiger partial charge in [0.2, 0.25) is 21.9 Å². The lowest BCUT2D eigenvalue weighted by Gasteiger charge is -2.13. The van der Waals surface area contributed by atoms with E-state index in [2.05, 4.69) is 25.8 Å². The van der Waals surface area contributed by atoms with E-state index in [1.807, 2.05) is 13.8 Å². The van der Waals surface area contributed by atoms with Crippen molar-refractivity contribution in [2.75, 3.05) is 24.7 Å². The predicted octanol–water partition coefficient (Wildman–Crippen LogP) is 3.45. The smallest absolute Gasteiger partial charge is 0.475 e. The van der Waals surface area contributed by atoms with Crippen LogP contribution in [0.1, 0.15) is 11.3 Å². The molecule has 0 saturated carbocycles. The van der Waals surface area contributed by atoms with Gasteiger partial charge in [0.25, 0.3) is 0 Å². The quantitative estimate of drug-likeness (QED) is 0.457. The molecule has 0 aliphatic rings. The molecule has 0 spiro atoms. The number of aliphatic carboxylic acids is 1. The number of carbonyl (C=O) groups is 1. The van der Waals surface area contributed by atoms with E-state index in [9.17, 15) is 21.6 Å². The number of halogens is 3. The van der Waals surface area contributed by atoms with Gasteiger partial charge in [-0.15, -0.1) is 0 Å². The van der Waals surface area contributed by atoms with E-state index in [1.54, 1.807) is 24.4 Å². The molecule has 0 aliphatic carbocycles. The highest BCUT2D eigenvalue weighted by molar-refractivity contribution is 7.89. The number of sulfonamides is 1. The number of carboxylic acids is 1. The average Bonchev–Trinajstić information content (AvgIpc) is 3.06. The van der Waals surface area contributed by atoms with Gasteiger partial charge in [0, 0.05) is 31.5 Å². The number of nitrogens with one attached hydrogen (secondary N) is 2. The first-order chi connectivity index (χ1) is 15.7. The Labute approximate surface area is 192 Å². The first-order valence-corrected chi connectivity index (χ1v) is 10.8. The summed E-state index contributed by atoms with van der Waals surface area (Å²) in [6.07, 6.45) is -3.50. The summed E-state index contributed by atoms with van der Waals surface area (Å²) in [6, 6.07) is 8.15. The molecular formula is C19H21F3N6O5S. The summed E-state index contributed by atoms with van der Waals surface area (Å²) in [5, 5.41) is 17.1. The fourth-order valence-corrected chi connectivity index (χ4v) is 3.16. The van der Waals surface area contributed by atoms with Crippen LogP contribution in [-0.2, 0) is 14.8 Å². The maximum Gasteiger partial charge on any atom is 0.490 e.